The molecule has 0 saturated carbocycles. The number of anilines is 1. The molecule has 2 aromatic rings. The lowest BCUT2D eigenvalue weighted by atomic mass is 9.99. The van der Waals surface area contributed by atoms with Crippen molar-refractivity contribution in [2.75, 3.05) is 4.72 Å². The van der Waals surface area contributed by atoms with Gasteiger partial charge in [-0.1, -0.05) is 32.0 Å². The van der Waals surface area contributed by atoms with Gasteiger partial charge in [0.2, 0.25) is 0 Å². The Morgan fingerprint density at radius 2 is 1.81 bits per heavy atom. The Morgan fingerprint density at radius 1 is 1.14 bits per heavy atom. The largest absolute Gasteiger partial charge is 0.279 e. The molecule has 1 aromatic carbocycles. The summed E-state index contributed by atoms with van der Waals surface area (Å²) in [5, 5.41) is 0. The fourth-order valence-electron chi connectivity index (χ4n) is 2.37. The molecule has 1 heterocycles. The van der Waals surface area contributed by atoms with Crippen molar-refractivity contribution >= 4 is 27.0 Å². The zero-order valence-electron chi connectivity index (χ0n) is 13.0. The van der Waals surface area contributed by atoms with E-state index in [1.165, 1.54) is 11.3 Å². The molecule has 0 amide bonds. The van der Waals surface area contributed by atoms with Gasteiger partial charge in [0.05, 0.1) is 5.69 Å². The Bertz CT molecular complexity index is 759. The molecule has 0 fully saturated rings. The van der Waals surface area contributed by atoms with E-state index < -0.39 is 10.0 Å². The lowest BCUT2D eigenvalue weighted by molar-refractivity contribution is 0.601. The number of sulfonamides is 1. The second kappa shape index (κ2) is 5.81. The van der Waals surface area contributed by atoms with Gasteiger partial charge in [0.25, 0.3) is 10.0 Å². The van der Waals surface area contributed by atoms with Gasteiger partial charge in [-0.2, -0.15) is 0 Å². The highest BCUT2D eigenvalue weighted by molar-refractivity contribution is 7.93. The highest BCUT2D eigenvalue weighted by Crippen LogP contribution is 2.31. The van der Waals surface area contributed by atoms with Crippen LogP contribution in [0.1, 0.15) is 40.6 Å². The number of rotatable bonds is 4. The maximum atomic E-state index is 12.7. The van der Waals surface area contributed by atoms with Crippen LogP contribution in [0.2, 0.25) is 0 Å². The Balaban J connectivity index is 2.49. The Morgan fingerprint density at radius 3 is 2.33 bits per heavy atom. The fraction of sp³-hybridized carbons (Fsp3) is 0.375. The van der Waals surface area contributed by atoms with Crippen LogP contribution in [0.15, 0.2) is 29.2 Å². The fourth-order valence-corrected chi connectivity index (χ4v) is 5.09. The lowest BCUT2D eigenvalue weighted by Crippen LogP contribution is -2.15. The number of hydrogen-bond donors (Lipinski definition) is 1. The van der Waals surface area contributed by atoms with Crippen molar-refractivity contribution in [2.24, 2.45) is 0 Å². The Labute approximate surface area is 131 Å². The van der Waals surface area contributed by atoms with E-state index in [2.05, 4.69) is 18.6 Å². The molecular formula is C16H21NO2S2. The summed E-state index contributed by atoms with van der Waals surface area (Å²) in [6, 6.07) is 7.59. The molecule has 0 aliphatic rings. The molecule has 0 unspecified atom stereocenters. The maximum absolute atomic E-state index is 12.7. The van der Waals surface area contributed by atoms with Gasteiger partial charge in [-0.3, -0.25) is 4.72 Å². The van der Waals surface area contributed by atoms with Crippen LogP contribution in [0.5, 0.6) is 0 Å². The standard InChI is InChI=1S/C16H21NO2S2/c1-10(2)14-8-6-7-11(3)16(14)17-21(18,19)15-9-12(4)20-13(15)5/h6-10,17H,1-5H3. The van der Waals surface area contributed by atoms with Gasteiger partial charge in [0.15, 0.2) is 0 Å². The highest BCUT2D eigenvalue weighted by Gasteiger charge is 2.21. The summed E-state index contributed by atoms with van der Waals surface area (Å²) >= 11 is 1.50. The summed E-state index contributed by atoms with van der Waals surface area (Å²) in [5.74, 6) is 0.257. The summed E-state index contributed by atoms with van der Waals surface area (Å²) in [6.07, 6.45) is 0. The van der Waals surface area contributed by atoms with Crippen LogP contribution in [0.25, 0.3) is 0 Å². The molecule has 5 heteroatoms. The maximum Gasteiger partial charge on any atom is 0.263 e. The zero-order valence-corrected chi connectivity index (χ0v) is 14.7. The molecule has 0 aliphatic heterocycles. The quantitative estimate of drug-likeness (QED) is 0.894. The van der Waals surface area contributed by atoms with Gasteiger partial charge in [-0.15, -0.1) is 11.3 Å². The Hall–Kier alpha value is -1.33. The summed E-state index contributed by atoms with van der Waals surface area (Å²) in [4.78, 5) is 2.20. The molecule has 2 rings (SSSR count). The van der Waals surface area contributed by atoms with Gasteiger partial charge in [-0.25, -0.2) is 8.42 Å². The van der Waals surface area contributed by atoms with Crippen LogP contribution >= 0.6 is 11.3 Å². The third kappa shape index (κ3) is 3.30. The minimum absolute atomic E-state index is 0.257. The van der Waals surface area contributed by atoms with Gasteiger partial charge in [-0.05, 0) is 43.9 Å². The van der Waals surface area contributed by atoms with Crippen molar-refractivity contribution in [2.45, 2.75) is 45.4 Å². The molecular weight excluding hydrogens is 302 g/mol. The molecule has 114 valence electrons. The first-order chi connectivity index (χ1) is 9.72. The van der Waals surface area contributed by atoms with E-state index in [0.717, 1.165) is 20.9 Å². The molecule has 0 spiro atoms. The topological polar surface area (TPSA) is 46.2 Å². The predicted octanol–water partition coefficient (Wildman–Crippen LogP) is 4.60. The van der Waals surface area contributed by atoms with Crippen LogP contribution in [0, 0.1) is 20.8 Å². The monoisotopic (exact) mass is 323 g/mol. The third-order valence-electron chi connectivity index (χ3n) is 3.45. The minimum Gasteiger partial charge on any atom is -0.279 e. The first kappa shape index (κ1) is 16.0. The van der Waals surface area contributed by atoms with E-state index in [1.807, 2.05) is 39.0 Å². The Kier molecular flexibility index (Phi) is 4.44. The summed E-state index contributed by atoms with van der Waals surface area (Å²) in [7, 11) is -3.54. The van der Waals surface area contributed by atoms with Crippen LogP contribution < -0.4 is 4.72 Å². The molecule has 0 atom stereocenters. The van der Waals surface area contributed by atoms with Crippen molar-refractivity contribution in [3.8, 4) is 0 Å². The second-order valence-corrected chi connectivity index (χ2v) is 8.69. The second-order valence-electron chi connectivity index (χ2n) is 5.58. The predicted molar refractivity (Wildman–Crippen MR) is 89.9 cm³/mol. The van der Waals surface area contributed by atoms with Crippen molar-refractivity contribution < 1.29 is 8.42 Å². The van der Waals surface area contributed by atoms with E-state index in [0.29, 0.717) is 10.6 Å². The van der Waals surface area contributed by atoms with E-state index in [4.69, 9.17) is 0 Å². The summed E-state index contributed by atoms with van der Waals surface area (Å²) < 4.78 is 28.1. The smallest absolute Gasteiger partial charge is 0.263 e. The van der Waals surface area contributed by atoms with Crippen LogP contribution in [0.3, 0.4) is 0 Å². The van der Waals surface area contributed by atoms with Gasteiger partial charge >= 0.3 is 0 Å². The number of aryl methyl sites for hydroxylation is 3. The number of hydrogen-bond acceptors (Lipinski definition) is 3. The number of para-hydroxylation sites is 1. The van der Waals surface area contributed by atoms with E-state index in [9.17, 15) is 8.42 Å². The van der Waals surface area contributed by atoms with E-state index in [-0.39, 0.29) is 5.92 Å². The number of thiophene rings is 1. The van der Waals surface area contributed by atoms with Crippen LogP contribution in [0.4, 0.5) is 5.69 Å². The molecule has 0 aliphatic carbocycles. The molecule has 21 heavy (non-hydrogen) atoms. The molecule has 0 radical (unpaired) electrons. The first-order valence-electron chi connectivity index (χ1n) is 6.91. The molecule has 1 aromatic heterocycles. The van der Waals surface area contributed by atoms with Gasteiger partial charge < -0.3 is 0 Å². The molecule has 0 saturated heterocycles. The van der Waals surface area contributed by atoms with Crippen molar-refractivity contribution in [3.63, 3.8) is 0 Å². The SMILES string of the molecule is Cc1cc(S(=O)(=O)Nc2c(C)cccc2C(C)C)c(C)s1. The normalized spacial score (nSPS) is 11.9. The first-order valence-corrected chi connectivity index (χ1v) is 9.21. The van der Waals surface area contributed by atoms with Crippen LogP contribution in [-0.2, 0) is 10.0 Å². The summed E-state index contributed by atoms with van der Waals surface area (Å²) in [5.41, 5.74) is 2.66. The number of benzene rings is 1. The van der Waals surface area contributed by atoms with E-state index >= 15 is 0 Å². The number of nitrogens with one attached hydrogen (secondary N) is 1. The minimum atomic E-state index is -3.54. The molecule has 1 N–H and O–H groups in total. The van der Waals surface area contributed by atoms with E-state index in [1.54, 1.807) is 6.07 Å². The summed E-state index contributed by atoms with van der Waals surface area (Å²) in [6.45, 7) is 9.81. The van der Waals surface area contributed by atoms with Crippen molar-refractivity contribution in [1.82, 2.24) is 0 Å². The molecule has 0 bridgehead atoms. The van der Waals surface area contributed by atoms with Gasteiger partial charge in [0, 0.05) is 9.75 Å². The zero-order chi connectivity index (χ0) is 15.8. The van der Waals surface area contributed by atoms with Crippen molar-refractivity contribution in [1.29, 1.82) is 0 Å². The molecule has 3 nitrogen and oxygen atoms in total. The van der Waals surface area contributed by atoms with Crippen LogP contribution in [-0.4, -0.2) is 8.42 Å². The van der Waals surface area contributed by atoms with Gasteiger partial charge in [0.1, 0.15) is 4.90 Å². The highest BCUT2D eigenvalue weighted by atomic mass is 32.2. The average Bonchev–Trinajstić information content (AvgIpc) is 2.71. The average molecular weight is 323 g/mol. The third-order valence-corrected chi connectivity index (χ3v) is 6.02. The van der Waals surface area contributed by atoms with Crippen molar-refractivity contribution in [3.05, 3.63) is 45.1 Å². The lowest BCUT2D eigenvalue weighted by Gasteiger charge is -2.17.